The van der Waals surface area contributed by atoms with E-state index < -0.39 is 0 Å². The molecule has 1 aliphatic heterocycles. The van der Waals surface area contributed by atoms with Crippen LogP contribution in [0.1, 0.15) is 25.8 Å². The van der Waals surface area contributed by atoms with Crippen LogP contribution in [-0.4, -0.2) is 19.1 Å². The van der Waals surface area contributed by atoms with Crippen molar-refractivity contribution in [1.29, 1.82) is 0 Å². The first-order valence-electron chi connectivity index (χ1n) is 6.90. The van der Waals surface area contributed by atoms with Gasteiger partial charge >= 0.3 is 0 Å². The van der Waals surface area contributed by atoms with E-state index in [4.69, 9.17) is 4.74 Å². The summed E-state index contributed by atoms with van der Waals surface area (Å²) in [4.78, 5) is 11.7. The summed E-state index contributed by atoms with van der Waals surface area (Å²) in [7, 11) is 1.67. The SMILES string of the molecule is COc1ccc2cc(C3(C)CC(=O)NC3C)ccc2c1. The fourth-order valence-corrected chi connectivity index (χ4v) is 3.00. The molecule has 104 valence electrons. The van der Waals surface area contributed by atoms with E-state index in [1.807, 2.05) is 12.1 Å². The highest BCUT2D eigenvalue weighted by Crippen LogP contribution is 2.37. The fraction of sp³-hybridized carbons (Fsp3) is 0.353. The summed E-state index contributed by atoms with van der Waals surface area (Å²) in [5.74, 6) is 0.998. The second-order valence-corrected chi connectivity index (χ2v) is 5.81. The molecule has 1 saturated heterocycles. The van der Waals surface area contributed by atoms with E-state index in [0.717, 1.165) is 11.1 Å². The highest BCUT2D eigenvalue weighted by atomic mass is 16.5. The Morgan fingerprint density at radius 1 is 1.20 bits per heavy atom. The van der Waals surface area contributed by atoms with E-state index in [0.29, 0.717) is 6.42 Å². The second-order valence-electron chi connectivity index (χ2n) is 5.81. The number of benzene rings is 2. The van der Waals surface area contributed by atoms with Crippen LogP contribution in [0, 0.1) is 0 Å². The second kappa shape index (κ2) is 4.51. The van der Waals surface area contributed by atoms with Crippen molar-refractivity contribution in [2.24, 2.45) is 0 Å². The summed E-state index contributed by atoms with van der Waals surface area (Å²) in [5, 5.41) is 5.34. The zero-order valence-electron chi connectivity index (χ0n) is 12.1. The largest absolute Gasteiger partial charge is 0.497 e. The first kappa shape index (κ1) is 13.0. The van der Waals surface area contributed by atoms with Crippen LogP contribution in [0.25, 0.3) is 10.8 Å². The predicted octanol–water partition coefficient (Wildman–Crippen LogP) is 3.01. The van der Waals surface area contributed by atoms with Gasteiger partial charge in [-0.05, 0) is 35.4 Å². The number of carbonyl (C=O) groups excluding carboxylic acids is 1. The van der Waals surface area contributed by atoms with Crippen molar-refractivity contribution in [2.75, 3.05) is 7.11 Å². The monoisotopic (exact) mass is 269 g/mol. The van der Waals surface area contributed by atoms with Crippen molar-refractivity contribution in [1.82, 2.24) is 5.32 Å². The van der Waals surface area contributed by atoms with Gasteiger partial charge in [0.2, 0.25) is 5.91 Å². The van der Waals surface area contributed by atoms with Gasteiger partial charge in [0, 0.05) is 17.9 Å². The number of nitrogens with one attached hydrogen (secondary N) is 1. The van der Waals surface area contributed by atoms with Gasteiger partial charge in [0.15, 0.2) is 0 Å². The third kappa shape index (κ3) is 1.94. The maximum Gasteiger partial charge on any atom is 0.221 e. The normalized spacial score (nSPS) is 25.8. The lowest BCUT2D eigenvalue weighted by molar-refractivity contribution is -0.119. The lowest BCUT2D eigenvalue weighted by Gasteiger charge is -2.28. The molecule has 0 aliphatic carbocycles. The van der Waals surface area contributed by atoms with Gasteiger partial charge in [-0.15, -0.1) is 0 Å². The summed E-state index contributed by atoms with van der Waals surface area (Å²) in [6.07, 6.45) is 0.551. The topological polar surface area (TPSA) is 38.3 Å². The van der Waals surface area contributed by atoms with Crippen molar-refractivity contribution in [3.63, 3.8) is 0 Å². The number of fused-ring (bicyclic) bond motifs is 1. The number of rotatable bonds is 2. The summed E-state index contributed by atoms with van der Waals surface area (Å²) in [6.45, 7) is 4.23. The minimum Gasteiger partial charge on any atom is -0.497 e. The molecule has 3 nitrogen and oxygen atoms in total. The molecule has 2 aromatic rings. The molecular formula is C17H19NO2. The van der Waals surface area contributed by atoms with Crippen LogP contribution in [0.3, 0.4) is 0 Å². The van der Waals surface area contributed by atoms with Gasteiger partial charge < -0.3 is 10.1 Å². The summed E-state index contributed by atoms with van der Waals surface area (Å²) in [6, 6.07) is 12.6. The zero-order valence-corrected chi connectivity index (χ0v) is 12.1. The summed E-state index contributed by atoms with van der Waals surface area (Å²) >= 11 is 0. The van der Waals surface area contributed by atoms with Crippen LogP contribution < -0.4 is 10.1 Å². The highest BCUT2D eigenvalue weighted by Gasteiger charge is 2.41. The molecule has 1 aliphatic rings. The number of carbonyl (C=O) groups is 1. The van der Waals surface area contributed by atoms with Crippen LogP contribution in [0.5, 0.6) is 5.75 Å². The lowest BCUT2D eigenvalue weighted by atomic mass is 9.76. The Morgan fingerprint density at radius 2 is 1.90 bits per heavy atom. The molecule has 2 atom stereocenters. The first-order chi connectivity index (χ1) is 9.53. The molecular weight excluding hydrogens is 250 g/mol. The van der Waals surface area contributed by atoms with Crippen LogP contribution >= 0.6 is 0 Å². The van der Waals surface area contributed by atoms with Gasteiger partial charge in [0.05, 0.1) is 7.11 Å². The van der Waals surface area contributed by atoms with E-state index >= 15 is 0 Å². The number of hydrogen-bond acceptors (Lipinski definition) is 2. The van der Waals surface area contributed by atoms with E-state index in [1.54, 1.807) is 7.11 Å². The molecule has 0 radical (unpaired) electrons. The van der Waals surface area contributed by atoms with Gasteiger partial charge in [0.25, 0.3) is 0 Å². The molecule has 0 bridgehead atoms. The third-order valence-electron chi connectivity index (χ3n) is 4.57. The highest BCUT2D eigenvalue weighted by molar-refractivity contribution is 5.86. The Morgan fingerprint density at radius 3 is 2.55 bits per heavy atom. The summed E-state index contributed by atoms with van der Waals surface area (Å²) in [5.41, 5.74) is 1.08. The van der Waals surface area contributed by atoms with Gasteiger partial charge in [-0.3, -0.25) is 4.79 Å². The molecule has 1 N–H and O–H groups in total. The summed E-state index contributed by atoms with van der Waals surface area (Å²) < 4.78 is 5.25. The standard InChI is InChI=1S/C17H19NO2/c1-11-17(2,10-16(19)18-11)14-6-4-13-9-15(20-3)7-5-12(13)8-14/h4-9,11H,10H2,1-3H3,(H,18,19). The molecule has 3 heteroatoms. The van der Waals surface area contributed by atoms with Crippen LogP contribution in [0.15, 0.2) is 36.4 Å². The van der Waals surface area contributed by atoms with Crippen molar-refractivity contribution in [2.45, 2.75) is 31.7 Å². The van der Waals surface area contributed by atoms with Gasteiger partial charge in [-0.2, -0.15) is 0 Å². The number of amides is 1. The van der Waals surface area contributed by atoms with Gasteiger partial charge in [-0.1, -0.05) is 31.2 Å². The van der Waals surface area contributed by atoms with Gasteiger partial charge in [-0.25, -0.2) is 0 Å². The first-order valence-corrected chi connectivity index (χ1v) is 6.90. The Labute approximate surface area is 118 Å². The van der Waals surface area contributed by atoms with E-state index in [2.05, 4.69) is 43.4 Å². The maximum absolute atomic E-state index is 11.7. The van der Waals surface area contributed by atoms with Crippen molar-refractivity contribution in [3.8, 4) is 5.75 Å². The van der Waals surface area contributed by atoms with Crippen LogP contribution in [-0.2, 0) is 10.2 Å². The van der Waals surface area contributed by atoms with Crippen LogP contribution in [0.2, 0.25) is 0 Å². The molecule has 1 amide bonds. The zero-order chi connectivity index (χ0) is 14.3. The molecule has 1 fully saturated rings. The molecule has 0 aromatic heterocycles. The van der Waals surface area contributed by atoms with Gasteiger partial charge in [0.1, 0.15) is 5.75 Å². The van der Waals surface area contributed by atoms with Crippen LogP contribution in [0.4, 0.5) is 0 Å². The minimum atomic E-state index is -0.134. The van der Waals surface area contributed by atoms with Crippen molar-refractivity contribution >= 4 is 16.7 Å². The molecule has 2 unspecified atom stereocenters. The van der Waals surface area contributed by atoms with E-state index in [9.17, 15) is 4.79 Å². The number of hydrogen-bond donors (Lipinski definition) is 1. The Balaban J connectivity index is 2.07. The molecule has 20 heavy (non-hydrogen) atoms. The predicted molar refractivity (Wildman–Crippen MR) is 80.1 cm³/mol. The van der Waals surface area contributed by atoms with Crippen molar-refractivity contribution < 1.29 is 9.53 Å². The average Bonchev–Trinajstić information content (AvgIpc) is 2.71. The number of ether oxygens (including phenoxy) is 1. The number of methoxy groups -OCH3 is 1. The molecule has 2 aromatic carbocycles. The molecule has 3 rings (SSSR count). The van der Waals surface area contributed by atoms with Crippen molar-refractivity contribution in [3.05, 3.63) is 42.0 Å². The van der Waals surface area contributed by atoms with E-state index in [-0.39, 0.29) is 17.4 Å². The minimum absolute atomic E-state index is 0.134. The molecule has 1 heterocycles. The smallest absolute Gasteiger partial charge is 0.221 e. The Hall–Kier alpha value is -2.03. The quantitative estimate of drug-likeness (QED) is 0.910. The third-order valence-corrected chi connectivity index (χ3v) is 4.57. The molecule has 0 saturated carbocycles. The average molecular weight is 269 g/mol. The Kier molecular flexibility index (Phi) is 2.93. The fourth-order valence-electron chi connectivity index (χ4n) is 3.00. The Bertz CT molecular complexity index is 680. The molecule has 0 spiro atoms. The maximum atomic E-state index is 11.7. The van der Waals surface area contributed by atoms with E-state index in [1.165, 1.54) is 10.9 Å². The lowest BCUT2D eigenvalue weighted by Crippen LogP contribution is -2.35.